The molecule has 1 heterocycles. The molecule has 0 atom stereocenters. The third-order valence-corrected chi connectivity index (χ3v) is 1.70. The smallest absolute Gasteiger partial charge is 0.426 e. The molecule has 0 unspecified atom stereocenters. The average molecular weight is 271 g/mol. The van der Waals surface area contributed by atoms with Crippen molar-refractivity contribution in [2.45, 2.75) is 26.8 Å². The Labute approximate surface area is 109 Å². The quantitative estimate of drug-likeness (QED) is 0.470. The Morgan fingerprint density at radius 1 is 1.26 bits per heavy atom. The highest BCUT2D eigenvalue weighted by Gasteiger charge is 2.08. The standard InChI is InChI=1S/C9H17N7O3/c1-4-19-9(17)15-14-7-11-6(10-5(2)3)12-8(13-7)16-18/h5,18H,4H2,1-3H3,(H,15,17)(H3,10,11,12,13,14,16). The first kappa shape index (κ1) is 14.7. The third-order valence-electron chi connectivity index (χ3n) is 1.70. The molecule has 0 saturated carbocycles. The van der Waals surface area contributed by atoms with Crippen molar-refractivity contribution < 1.29 is 14.7 Å². The van der Waals surface area contributed by atoms with E-state index < -0.39 is 6.09 Å². The van der Waals surface area contributed by atoms with E-state index in [4.69, 9.17) is 5.21 Å². The first-order valence-corrected chi connectivity index (χ1v) is 5.66. The molecule has 19 heavy (non-hydrogen) atoms. The second kappa shape index (κ2) is 7.16. The topological polar surface area (TPSA) is 133 Å². The van der Waals surface area contributed by atoms with Crippen molar-refractivity contribution in [1.29, 1.82) is 0 Å². The fraction of sp³-hybridized carbons (Fsp3) is 0.556. The molecule has 5 N–H and O–H groups in total. The van der Waals surface area contributed by atoms with Gasteiger partial charge in [-0.15, -0.1) is 0 Å². The maximum Gasteiger partial charge on any atom is 0.426 e. The van der Waals surface area contributed by atoms with E-state index in [1.165, 1.54) is 0 Å². The summed E-state index contributed by atoms with van der Waals surface area (Å²) in [6.45, 7) is 5.73. The number of hydrogen-bond donors (Lipinski definition) is 5. The SMILES string of the molecule is CCOC(=O)NNc1nc(NO)nc(NC(C)C)n1. The second-order valence-electron chi connectivity index (χ2n) is 3.69. The number of hydrogen-bond acceptors (Lipinski definition) is 9. The van der Waals surface area contributed by atoms with Crippen LogP contribution in [0.1, 0.15) is 20.8 Å². The van der Waals surface area contributed by atoms with Crippen LogP contribution in [0.15, 0.2) is 0 Å². The number of carbonyl (C=O) groups excluding carboxylic acids is 1. The van der Waals surface area contributed by atoms with Crippen LogP contribution in [0.5, 0.6) is 0 Å². The number of amides is 1. The summed E-state index contributed by atoms with van der Waals surface area (Å²) < 4.78 is 4.65. The van der Waals surface area contributed by atoms with E-state index in [-0.39, 0.29) is 30.5 Å². The van der Waals surface area contributed by atoms with Gasteiger partial charge in [0.15, 0.2) is 0 Å². The van der Waals surface area contributed by atoms with Crippen molar-refractivity contribution in [1.82, 2.24) is 20.4 Å². The number of anilines is 3. The molecule has 1 aromatic heterocycles. The van der Waals surface area contributed by atoms with Gasteiger partial charge in [-0.1, -0.05) is 0 Å². The largest absolute Gasteiger partial charge is 0.449 e. The van der Waals surface area contributed by atoms with Gasteiger partial charge >= 0.3 is 6.09 Å². The van der Waals surface area contributed by atoms with Crippen molar-refractivity contribution in [3.8, 4) is 0 Å². The molecule has 0 saturated heterocycles. The Balaban J connectivity index is 2.73. The van der Waals surface area contributed by atoms with Gasteiger partial charge in [-0.2, -0.15) is 15.0 Å². The van der Waals surface area contributed by atoms with Crippen molar-refractivity contribution in [2.24, 2.45) is 0 Å². The predicted octanol–water partition coefficient (Wildman–Crippen LogP) is 0.566. The molecule has 0 radical (unpaired) electrons. The molecular weight excluding hydrogens is 254 g/mol. The van der Waals surface area contributed by atoms with Crippen LogP contribution < -0.4 is 21.6 Å². The highest BCUT2D eigenvalue weighted by Crippen LogP contribution is 2.08. The molecular formula is C9H17N7O3. The molecule has 0 fully saturated rings. The minimum Gasteiger partial charge on any atom is -0.449 e. The summed E-state index contributed by atoms with van der Waals surface area (Å²) in [7, 11) is 0. The van der Waals surface area contributed by atoms with Crippen LogP contribution in [0.2, 0.25) is 0 Å². The minimum atomic E-state index is -0.667. The van der Waals surface area contributed by atoms with Crippen LogP contribution in [-0.2, 0) is 4.74 Å². The van der Waals surface area contributed by atoms with Crippen molar-refractivity contribution in [3.05, 3.63) is 0 Å². The van der Waals surface area contributed by atoms with Crippen LogP contribution in [0, 0.1) is 0 Å². The van der Waals surface area contributed by atoms with Gasteiger partial charge in [0.05, 0.1) is 6.61 Å². The lowest BCUT2D eigenvalue weighted by molar-refractivity contribution is 0.154. The maximum absolute atomic E-state index is 11.1. The molecule has 1 amide bonds. The summed E-state index contributed by atoms with van der Waals surface area (Å²) in [6, 6.07) is 0.0970. The van der Waals surface area contributed by atoms with Crippen LogP contribution >= 0.6 is 0 Å². The second-order valence-corrected chi connectivity index (χ2v) is 3.69. The van der Waals surface area contributed by atoms with Gasteiger partial charge in [0.25, 0.3) is 5.95 Å². The van der Waals surface area contributed by atoms with Gasteiger partial charge in [-0.3, -0.25) is 10.6 Å². The number of nitrogens with zero attached hydrogens (tertiary/aromatic N) is 3. The first-order valence-electron chi connectivity index (χ1n) is 5.66. The molecule has 1 rings (SSSR count). The molecule has 0 aliphatic rings. The van der Waals surface area contributed by atoms with Crippen molar-refractivity contribution in [2.75, 3.05) is 22.8 Å². The molecule has 0 bridgehead atoms. The van der Waals surface area contributed by atoms with Crippen molar-refractivity contribution >= 4 is 23.9 Å². The number of ether oxygens (including phenoxy) is 1. The lowest BCUT2D eigenvalue weighted by Crippen LogP contribution is -2.31. The Morgan fingerprint density at radius 2 is 1.89 bits per heavy atom. The lowest BCUT2D eigenvalue weighted by Gasteiger charge is -2.11. The Bertz CT molecular complexity index is 426. The average Bonchev–Trinajstić information content (AvgIpc) is 2.35. The van der Waals surface area contributed by atoms with E-state index in [1.807, 2.05) is 19.3 Å². The Morgan fingerprint density at radius 3 is 2.47 bits per heavy atom. The van der Waals surface area contributed by atoms with Gasteiger partial charge in [0.2, 0.25) is 11.9 Å². The van der Waals surface area contributed by atoms with E-state index in [9.17, 15) is 4.79 Å². The first-order chi connectivity index (χ1) is 9.05. The van der Waals surface area contributed by atoms with E-state index in [2.05, 4.69) is 35.9 Å². The predicted molar refractivity (Wildman–Crippen MR) is 67.8 cm³/mol. The molecule has 0 aromatic carbocycles. The highest BCUT2D eigenvalue weighted by molar-refractivity contribution is 5.68. The zero-order chi connectivity index (χ0) is 14.3. The molecule has 0 spiro atoms. The summed E-state index contributed by atoms with van der Waals surface area (Å²) in [6.07, 6.45) is -0.667. The number of rotatable bonds is 6. The highest BCUT2D eigenvalue weighted by atomic mass is 16.5. The normalized spacial score (nSPS) is 9.95. The monoisotopic (exact) mass is 271 g/mol. The number of hydrazine groups is 1. The fourth-order valence-corrected chi connectivity index (χ4v) is 1.08. The van der Waals surface area contributed by atoms with E-state index in [0.29, 0.717) is 0 Å². The molecule has 0 aliphatic carbocycles. The Hall–Kier alpha value is -2.36. The lowest BCUT2D eigenvalue weighted by atomic mass is 10.4. The van der Waals surface area contributed by atoms with Gasteiger partial charge < -0.3 is 10.1 Å². The summed E-state index contributed by atoms with van der Waals surface area (Å²) >= 11 is 0. The summed E-state index contributed by atoms with van der Waals surface area (Å²) in [5.74, 6) is 0.226. The van der Waals surface area contributed by atoms with Crippen LogP contribution in [0.25, 0.3) is 0 Å². The molecule has 1 aromatic rings. The zero-order valence-electron chi connectivity index (χ0n) is 10.9. The summed E-state index contributed by atoms with van der Waals surface area (Å²) in [4.78, 5) is 22.7. The summed E-state index contributed by atoms with van der Waals surface area (Å²) in [5, 5.41) is 11.7. The number of nitrogens with one attached hydrogen (secondary N) is 4. The van der Waals surface area contributed by atoms with Gasteiger partial charge in [-0.25, -0.2) is 15.7 Å². The van der Waals surface area contributed by atoms with Crippen molar-refractivity contribution in [3.63, 3.8) is 0 Å². The van der Waals surface area contributed by atoms with E-state index >= 15 is 0 Å². The van der Waals surface area contributed by atoms with Crippen LogP contribution in [0.3, 0.4) is 0 Å². The number of aromatic nitrogens is 3. The third kappa shape index (κ3) is 5.21. The zero-order valence-corrected chi connectivity index (χ0v) is 10.9. The maximum atomic E-state index is 11.1. The van der Waals surface area contributed by atoms with Gasteiger partial charge in [0.1, 0.15) is 0 Å². The fourth-order valence-electron chi connectivity index (χ4n) is 1.08. The van der Waals surface area contributed by atoms with E-state index in [0.717, 1.165) is 0 Å². The molecule has 10 heteroatoms. The van der Waals surface area contributed by atoms with Crippen LogP contribution in [-0.4, -0.2) is 38.9 Å². The molecule has 10 nitrogen and oxygen atoms in total. The van der Waals surface area contributed by atoms with E-state index in [1.54, 1.807) is 6.92 Å². The van der Waals surface area contributed by atoms with Gasteiger partial charge in [0, 0.05) is 6.04 Å². The minimum absolute atomic E-state index is 0.0442. The molecule has 0 aliphatic heterocycles. The van der Waals surface area contributed by atoms with Crippen LogP contribution in [0.4, 0.5) is 22.6 Å². The van der Waals surface area contributed by atoms with Gasteiger partial charge in [-0.05, 0) is 20.8 Å². The summed E-state index contributed by atoms with van der Waals surface area (Å²) in [5.41, 5.74) is 6.48. The number of carbonyl (C=O) groups is 1. The Kier molecular flexibility index (Phi) is 5.54. The molecule has 106 valence electrons.